The summed E-state index contributed by atoms with van der Waals surface area (Å²) in [4.78, 5) is 30.5. The molecule has 0 radical (unpaired) electrons. The molecule has 6 nitrogen and oxygen atoms in total. The number of aromatic nitrogens is 2. The number of ether oxygens (including phenoxy) is 1. The Hall–Kier alpha value is -2.51. The molecule has 0 N–H and O–H groups in total. The van der Waals surface area contributed by atoms with E-state index in [4.69, 9.17) is 14.7 Å². The number of aryl methyl sites for hydroxylation is 2. The van der Waals surface area contributed by atoms with E-state index in [0.717, 1.165) is 36.7 Å². The van der Waals surface area contributed by atoms with Crippen molar-refractivity contribution in [2.75, 3.05) is 37.7 Å². The second kappa shape index (κ2) is 11.5. The maximum atomic E-state index is 12.9. The molecule has 7 heteroatoms. The van der Waals surface area contributed by atoms with Crippen LogP contribution in [0.4, 0.5) is 5.82 Å². The van der Waals surface area contributed by atoms with Gasteiger partial charge in [-0.25, -0.2) is 9.97 Å². The highest BCUT2D eigenvalue weighted by molar-refractivity contribution is 7.19. The van der Waals surface area contributed by atoms with E-state index in [0.29, 0.717) is 25.6 Å². The van der Waals surface area contributed by atoms with Crippen molar-refractivity contribution in [2.45, 2.75) is 76.7 Å². The molecule has 3 heterocycles. The van der Waals surface area contributed by atoms with Gasteiger partial charge in [0.2, 0.25) is 5.91 Å². The number of rotatable bonds is 6. The zero-order valence-electron chi connectivity index (χ0n) is 21.8. The molecule has 0 unspecified atom stereocenters. The molecular weight excluding hydrogens is 480 g/mol. The Bertz CT molecular complexity index is 1210. The van der Waals surface area contributed by atoms with Crippen LogP contribution in [0, 0.1) is 0 Å². The Balaban J connectivity index is 1.19. The van der Waals surface area contributed by atoms with Crippen LogP contribution in [0.1, 0.15) is 79.1 Å². The first-order valence-corrected chi connectivity index (χ1v) is 15.0. The number of benzene rings is 1. The Morgan fingerprint density at radius 3 is 2.49 bits per heavy atom. The number of anilines is 1. The van der Waals surface area contributed by atoms with Crippen molar-refractivity contribution < 1.29 is 9.53 Å². The highest BCUT2D eigenvalue weighted by Crippen LogP contribution is 2.41. The van der Waals surface area contributed by atoms with E-state index in [1.807, 2.05) is 46.6 Å². The molecule has 2 aromatic heterocycles. The SMILES string of the molecule is O=C(COCc1ccccc1)N1CCN(c2nc(C3CCCCC3)nc3sc4c(c23)CCCCC4)CC1. The minimum atomic E-state index is 0.0794. The normalized spacial score (nSPS) is 19.1. The predicted molar refractivity (Wildman–Crippen MR) is 149 cm³/mol. The number of piperazine rings is 1. The highest BCUT2D eigenvalue weighted by atomic mass is 32.1. The van der Waals surface area contributed by atoms with Crippen LogP contribution in [0.5, 0.6) is 0 Å². The average molecular weight is 519 g/mol. The lowest BCUT2D eigenvalue weighted by molar-refractivity contribution is -0.136. The third kappa shape index (κ3) is 5.53. The van der Waals surface area contributed by atoms with Crippen molar-refractivity contribution >= 4 is 33.3 Å². The summed E-state index contributed by atoms with van der Waals surface area (Å²) in [6, 6.07) is 10.0. The molecule has 1 aromatic carbocycles. The van der Waals surface area contributed by atoms with E-state index in [-0.39, 0.29) is 12.5 Å². The van der Waals surface area contributed by atoms with Gasteiger partial charge in [0.05, 0.1) is 12.0 Å². The van der Waals surface area contributed by atoms with Crippen molar-refractivity contribution in [2.24, 2.45) is 0 Å². The third-order valence-corrected chi connectivity index (χ3v) is 9.49. The van der Waals surface area contributed by atoms with E-state index in [1.165, 1.54) is 78.4 Å². The van der Waals surface area contributed by atoms with Gasteiger partial charge in [0.1, 0.15) is 23.1 Å². The number of hydrogen-bond donors (Lipinski definition) is 0. The fourth-order valence-electron chi connectivity index (χ4n) is 6.19. The third-order valence-electron chi connectivity index (χ3n) is 8.30. The van der Waals surface area contributed by atoms with Crippen molar-refractivity contribution in [3.63, 3.8) is 0 Å². The van der Waals surface area contributed by atoms with Crippen molar-refractivity contribution in [3.05, 3.63) is 52.2 Å². The van der Waals surface area contributed by atoms with Gasteiger partial charge in [-0.1, -0.05) is 56.0 Å². The molecule has 1 saturated carbocycles. The summed E-state index contributed by atoms with van der Waals surface area (Å²) in [7, 11) is 0. The number of carbonyl (C=O) groups excluding carboxylic acids is 1. The van der Waals surface area contributed by atoms with E-state index in [9.17, 15) is 4.79 Å². The molecule has 0 bridgehead atoms. The summed E-state index contributed by atoms with van der Waals surface area (Å²) >= 11 is 1.92. The van der Waals surface area contributed by atoms with Gasteiger partial charge in [-0.2, -0.15) is 0 Å². The van der Waals surface area contributed by atoms with Crippen LogP contribution in [-0.4, -0.2) is 53.6 Å². The van der Waals surface area contributed by atoms with Crippen LogP contribution >= 0.6 is 11.3 Å². The Morgan fingerprint density at radius 1 is 0.919 bits per heavy atom. The van der Waals surface area contributed by atoms with E-state index in [2.05, 4.69) is 4.90 Å². The first kappa shape index (κ1) is 24.8. The maximum absolute atomic E-state index is 12.9. The van der Waals surface area contributed by atoms with Crippen molar-refractivity contribution in [1.82, 2.24) is 14.9 Å². The Morgan fingerprint density at radius 2 is 1.68 bits per heavy atom. The Kier molecular flexibility index (Phi) is 7.70. The molecule has 1 amide bonds. The lowest BCUT2D eigenvalue weighted by Crippen LogP contribution is -2.50. The number of thiophene rings is 1. The summed E-state index contributed by atoms with van der Waals surface area (Å²) < 4.78 is 5.73. The van der Waals surface area contributed by atoms with Crippen LogP contribution in [-0.2, 0) is 29.0 Å². The van der Waals surface area contributed by atoms with Gasteiger partial charge in [-0.05, 0) is 49.7 Å². The number of carbonyl (C=O) groups is 1. The molecule has 3 aromatic rings. The van der Waals surface area contributed by atoms with Crippen LogP contribution in [0.25, 0.3) is 10.2 Å². The standard InChI is InChI=1S/C30H38N4O2S/c35-26(21-36-20-22-10-4-1-5-11-22)33-16-18-34(19-17-33)29-27-24-14-8-3-9-15-25(24)37-30(27)32-28(31-29)23-12-6-2-7-13-23/h1,4-5,10-11,23H,2-3,6-9,12-21H2. The summed E-state index contributed by atoms with van der Waals surface area (Å²) in [6.07, 6.45) is 12.5. The van der Waals surface area contributed by atoms with E-state index < -0.39 is 0 Å². The monoisotopic (exact) mass is 518 g/mol. The van der Waals surface area contributed by atoms with E-state index in [1.54, 1.807) is 0 Å². The van der Waals surface area contributed by atoms with Crippen molar-refractivity contribution in [1.29, 1.82) is 0 Å². The number of nitrogens with zero attached hydrogens (tertiary/aromatic N) is 4. The molecule has 3 aliphatic rings. The first-order valence-electron chi connectivity index (χ1n) is 14.2. The zero-order chi connectivity index (χ0) is 25.0. The van der Waals surface area contributed by atoms with Crippen LogP contribution in [0.2, 0.25) is 0 Å². The lowest BCUT2D eigenvalue weighted by Gasteiger charge is -2.36. The topological polar surface area (TPSA) is 58.6 Å². The summed E-state index contributed by atoms with van der Waals surface area (Å²) in [5, 5.41) is 1.31. The van der Waals surface area contributed by atoms with Gasteiger partial charge in [-0.3, -0.25) is 4.79 Å². The molecule has 1 aliphatic heterocycles. The van der Waals surface area contributed by atoms with Crippen molar-refractivity contribution in [3.8, 4) is 0 Å². The quantitative estimate of drug-likeness (QED) is 0.382. The highest BCUT2D eigenvalue weighted by Gasteiger charge is 2.29. The molecular formula is C30H38N4O2S. The molecule has 6 rings (SSSR count). The fraction of sp³-hybridized carbons (Fsp3) is 0.567. The van der Waals surface area contributed by atoms with Gasteiger partial charge in [0, 0.05) is 37.0 Å². The molecule has 196 valence electrons. The summed E-state index contributed by atoms with van der Waals surface area (Å²) in [5.74, 6) is 2.77. The second-order valence-electron chi connectivity index (χ2n) is 10.8. The van der Waals surface area contributed by atoms with Crippen LogP contribution in [0.3, 0.4) is 0 Å². The molecule has 2 fully saturated rings. The zero-order valence-corrected chi connectivity index (χ0v) is 22.6. The minimum Gasteiger partial charge on any atom is -0.367 e. The largest absolute Gasteiger partial charge is 0.367 e. The van der Waals surface area contributed by atoms with Gasteiger partial charge in [0.25, 0.3) is 0 Å². The Labute approximate surface area is 224 Å². The van der Waals surface area contributed by atoms with Gasteiger partial charge < -0.3 is 14.5 Å². The minimum absolute atomic E-state index is 0.0794. The van der Waals surface area contributed by atoms with Crippen LogP contribution in [0.15, 0.2) is 30.3 Å². The van der Waals surface area contributed by atoms with Gasteiger partial charge in [0.15, 0.2) is 0 Å². The second-order valence-corrected chi connectivity index (χ2v) is 11.9. The first-order chi connectivity index (χ1) is 18.3. The smallest absolute Gasteiger partial charge is 0.248 e. The fourth-order valence-corrected chi connectivity index (χ4v) is 7.46. The van der Waals surface area contributed by atoms with Gasteiger partial charge in [-0.15, -0.1) is 11.3 Å². The number of fused-ring (bicyclic) bond motifs is 3. The van der Waals surface area contributed by atoms with E-state index >= 15 is 0 Å². The summed E-state index contributed by atoms with van der Waals surface area (Å²) in [6.45, 7) is 3.65. The predicted octanol–water partition coefficient (Wildman–Crippen LogP) is 5.87. The average Bonchev–Trinajstić information content (AvgIpc) is 3.14. The number of amides is 1. The molecule has 2 aliphatic carbocycles. The lowest BCUT2D eigenvalue weighted by atomic mass is 9.88. The molecule has 0 spiro atoms. The number of hydrogen-bond acceptors (Lipinski definition) is 6. The van der Waals surface area contributed by atoms with Gasteiger partial charge >= 0.3 is 0 Å². The van der Waals surface area contributed by atoms with Crippen LogP contribution < -0.4 is 4.90 Å². The maximum Gasteiger partial charge on any atom is 0.248 e. The molecule has 0 atom stereocenters. The molecule has 1 saturated heterocycles. The molecule has 37 heavy (non-hydrogen) atoms. The summed E-state index contributed by atoms with van der Waals surface area (Å²) in [5.41, 5.74) is 2.60.